The molecule has 0 aliphatic carbocycles. The quantitative estimate of drug-likeness (QED) is 0.756. The Labute approximate surface area is 114 Å². The van der Waals surface area contributed by atoms with Crippen LogP contribution in [-0.4, -0.2) is 25.3 Å². The number of phenolic OH excluding ortho intramolecular Hbond substituents is 2. The second kappa shape index (κ2) is 5.00. The van der Waals surface area contributed by atoms with Crippen molar-refractivity contribution in [3.05, 3.63) is 54.1 Å². The zero-order chi connectivity index (χ0) is 13.9. The summed E-state index contributed by atoms with van der Waals surface area (Å²) in [6, 6.07) is 9.71. The molecule has 0 unspecified atom stereocenters. The Hall–Kier alpha value is -2.89. The lowest BCUT2D eigenvalue weighted by Gasteiger charge is -1.97. The zero-order valence-electron chi connectivity index (χ0n) is 10.4. The first-order valence-corrected chi connectivity index (χ1v) is 5.96. The van der Waals surface area contributed by atoms with Crippen LogP contribution in [0.3, 0.4) is 0 Å². The number of nitrogens with zero attached hydrogens (tertiary/aromatic N) is 3. The molecule has 2 aromatic heterocycles. The van der Waals surface area contributed by atoms with Crippen LogP contribution >= 0.6 is 0 Å². The molecule has 0 aliphatic rings. The van der Waals surface area contributed by atoms with E-state index in [1.54, 1.807) is 6.20 Å². The Morgan fingerprint density at radius 3 is 2.55 bits per heavy atom. The molecule has 20 heavy (non-hydrogen) atoms. The number of rotatable bonds is 3. The van der Waals surface area contributed by atoms with Crippen molar-refractivity contribution in [2.45, 2.75) is 6.42 Å². The summed E-state index contributed by atoms with van der Waals surface area (Å²) in [4.78, 5) is 8.40. The zero-order valence-corrected chi connectivity index (χ0v) is 10.4. The van der Waals surface area contributed by atoms with Crippen molar-refractivity contribution in [1.82, 2.24) is 15.1 Å². The van der Waals surface area contributed by atoms with Crippen molar-refractivity contribution in [2.75, 3.05) is 0 Å². The third kappa shape index (κ3) is 2.59. The van der Waals surface area contributed by atoms with Crippen LogP contribution in [0.2, 0.25) is 0 Å². The predicted octanol–water partition coefficient (Wildman–Crippen LogP) is 2.13. The largest absolute Gasteiger partial charge is 0.508 e. The van der Waals surface area contributed by atoms with Crippen molar-refractivity contribution >= 4 is 0 Å². The molecule has 6 heteroatoms. The Morgan fingerprint density at radius 2 is 1.85 bits per heavy atom. The summed E-state index contributed by atoms with van der Waals surface area (Å²) >= 11 is 0. The maximum atomic E-state index is 9.44. The molecule has 0 aliphatic heterocycles. The lowest BCUT2D eigenvalue weighted by atomic mass is 10.2. The van der Waals surface area contributed by atoms with Gasteiger partial charge in [-0.1, -0.05) is 11.2 Å². The van der Waals surface area contributed by atoms with Crippen molar-refractivity contribution < 1.29 is 14.7 Å². The Kier molecular flexibility index (Phi) is 3.04. The van der Waals surface area contributed by atoms with Crippen LogP contribution < -0.4 is 0 Å². The van der Waals surface area contributed by atoms with Crippen LogP contribution in [0.5, 0.6) is 11.5 Å². The van der Waals surface area contributed by atoms with E-state index in [1.165, 1.54) is 18.2 Å². The molecule has 0 atom stereocenters. The van der Waals surface area contributed by atoms with Gasteiger partial charge in [-0.2, -0.15) is 4.98 Å². The number of aromatic nitrogens is 3. The average Bonchev–Trinajstić information content (AvgIpc) is 2.87. The molecular weight excluding hydrogens is 258 g/mol. The van der Waals surface area contributed by atoms with Crippen LogP contribution in [0.1, 0.15) is 11.5 Å². The van der Waals surface area contributed by atoms with Crippen molar-refractivity contribution in [2.24, 2.45) is 0 Å². The van der Waals surface area contributed by atoms with E-state index in [0.717, 1.165) is 5.69 Å². The van der Waals surface area contributed by atoms with E-state index in [0.29, 0.717) is 17.8 Å². The van der Waals surface area contributed by atoms with Crippen molar-refractivity contribution in [3.63, 3.8) is 0 Å². The standard InChI is InChI=1S/C14H11N3O3/c18-11-5-9(6-12(19)8-11)14-16-13(17-20-14)7-10-3-1-2-4-15-10/h1-6,8,18-19H,7H2. The van der Waals surface area contributed by atoms with E-state index in [4.69, 9.17) is 4.52 Å². The van der Waals surface area contributed by atoms with Gasteiger partial charge < -0.3 is 14.7 Å². The van der Waals surface area contributed by atoms with Crippen molar-refractivity contribution in [1.29, 1.82) is 0 Å². The Bertz CT molecular complexity index is 705. The Morgan fingerprint density at radius 1 is 1.05 bits per heavy atom. The summed E-state index contributed by atoms with van der Waals surface area (Å²) in [5.74, 6) is 0.595. The van der Waals surface area contributed by atoms with E-state index in [-0.39, 0.29) is 17.4 Å². The molecule has 2 N–H and O–H groups in total. The number of benzene rings is 1. The van der Waals surface area contributed by atoms with Crippen LogP contribution in [0, 0.1) is 0 Å². The van der Waals surface area contributed by atoms with E-state index in [2.05, 4.69) is 15.1 Å². The van der Waals surface area contributed by atoms with E-state index in [1.807, 2.05) is 18.2 Å². The first-order chi connectivity index (χ1) is 9.70. The number of hydrogen-bond acceptors (Lipinski definition) is 6. The number of phenols is 2. The maximum Gasteiger partial charge on any atom is 0.258 e. The highest BCUT2D eigenvalue weighted by molar-refractivity contribution is 5.58. The molecule has 0 saturated heterocycles. The number of hydrogen-bond donors (Lipinski definition) is 2. The highest BCUT2D eigenvalue weighted by Gasteiger charge is 2.11. The number of aromatic hydroxyl groups is 2. The second-order valence-electron chi connectivity index (χ2n) is 4.25. The summed E-state index contributed by atoms with van der Waals surface area (Å²) in [6.45, 7) is 0. The van der Waals surface area contributed by atoms with Crippen LogP contribution in [0.25, 0.3) is 11.5 Å². The number of pyridine rings is 1. The van der Waals surface area contributed by atoms with Gasteiger partial charge in [0.15, 0.2) is 5.82 Å². The van der Waals surface area contributed by atoms with Gasteiger partial charge >= 0.3 is 0 Å². The highest BCUT2D eigenvalue weighted by Crippen LogP contribution is 2.27. The molecule has 0 spiro atoms. The molecule has 3 aromatic rings. The molecule has 100 valence electrons. The predicted molar refractivity (Wildman–Crippen MR) is 70.1 cm³/mol. The van der Waals surface area contributed by atoms with Crippen LogP contribution in [0.4, 0.5) is 0 Å². The molecular formula is C14H11N3O3. The minimum Gasteiger partial charge on any atom is -0.508 e. The fourth-order valence-corrected chi connectivity index (χ4v) is 1.83. The summed E-state index contributed by atoms with van der Waals surface area (Å²) < 4.78 is 5.12. The second-order valence-corrected chi connectivity index (χ2v) is 4.25. The molecule has 3 rings (SSSR count). The fourth-order valence-electron chi connectivity index (χ4n) is 1.83. The molecule has 1 aromatic carbocycles. The van der Waals surface area contributed by atoms with Gasteiger partial charge in [-0.25, -0.2) is 0 Å². The molecule has 0 bridgehead atoms. The molecule has 0 saturated carbocycles. The van der Waals surface area contributed by atoms with Gasteiger partial charge in [0, 0.05) is 23.5 Å². The normalized spacial score (nSPS) is 10.6. The van der Waals surface area contributed by atoms with Crippen molar-refractivity contribution in [3.8, 4) is 23.0 Å². The summed E-state index contributed by atoms with van der Waals surface area (Å²) in [5.41, 5.74) is 1.29. The molecule has 0 amide bonds. The lowest BCUT2D eigenvalue weighted by Crippen LogP contribution is -1.93. The topological polar surface area (TPSA) is 92.3 Å². The molecule has 6 nitrogen and oxygen atoms in total. The third-order valence-electron chi connectivity index (χ3n) is 2.68. The van der Waals surface area contributed by atoms with Gasteiger partial charge in [0.25, 0.3) is 5.89 Å². The van der Waals surface area contributed by atoms with E-state index < -0.39 is 0 Å². The van der Waals surface area contributed by atoms with Gasteiger partial charge in [0.1, 0.15) is 11.5 Å². The van der Waals surface area contributed by atoms with Gasteiger partial charge in [0.2, 0.25) is 0 Å². The monoisotopic (exact) mass is 269 g/mol. The SMILES string of the molecule is Oc1cc(O)cc(-c2nc(Cc3ccccn3)no2)c1. The molecule has 2 heterocycles. The third-order valence-corrected chi connectivity index (χ3v) is 2.68. The van der Waals surface area contributed by atoms with Gasteiger partial charge in [-0.3, -0.25) is 4.98 Å². The van der Waals surface area contributed by atoms with Crippen LogP contribution in [0.15, 0.2) is 47.1 Å². The van der Waals surface area contributed by atoms with E-state index in [9.17, 15) is 10.2 Å². The maximum absolute atomic E-state index is 9.44. The first kappa shape index (κ1) is 12.2. The summed E-state index contributed by atoms with van der Waals surface area (Å²) in [7, 11) is 0. The lowest BCUT2D eigenvalue weighted by molar-refractivity contribution is 0.421. The average molecular weight is 269 g/mol. The van der Waals surface area contributed by atoms with Gasteiger partial charge in [-0.05, 0) is 24.3 Å². The highest BCUT2D eigenvalue weighted by atomic mass is 16.5. The van der Waals surface area contributed by atoms with Gasteiger partial charge in [0.05, 0.1) is 6.42 Å². The molecule has 0 fully saturated rings. The van der Waals surface area contributed by atoms with Crippen LogP contribution in [-0.2, 0) is 6.42 Å². The summed E-state index contributed by atoms with van der Waals surface area (Å²) in [6.07, 6.45) is 2.15. The van der Waals surface area contributed by atoms with Gasteiger partial charge in [-0.15, -0.1) is 0 Å². The minimum absolute atomic E-state index is 0.0653. The molecule has 0 radical (unpaired) electrons. The smallest absolute Gasteiger partial charge is 0.258 e. The Balaban J connectivity index is 1.86. The first-order valence-electron chi connectivity index (χ1n) is 5.96. The minimum atomic E-state index is -0.0653. The van der Waals surface area contributed by atoms with E-state index >= 15 is 0 Å². The fraction of sp³-hybridized carbons (Fsp3) is 0.0714. The summed E-state index contributed by atoms with van der Waals surface area (Å²) in [5, 5.41) is 22.7.